The van der Waals surface area contributed by atoms with Gasteiger partial charge in [-0.3, -0.25) is 4.79 Å². The van der Waals surface area contributed by atoms with E-state index in [0.29, 0.717) is 58.2 Å². The minimum atomic E-state index is -4.41. The summed E-state index contributed by atoms with van der Waals surface area (Å²) >= 11 is 0. The van der Waals surface area contributed by atoms with Gasteiger partial charge >= 0.3 is 6.18 Å². The Morgan fingerprint density at radius 2 is 2.03 bits per heavy atom. The van der Waals surface area contributed by atoms with E-state index in [1.54, 1.807) is 14.2 Å². The Kier molecular flexibility index (Phi) is 8.75. The summed E-state index contributed by atoms with van der Waals surface area (Å²) in [6, 6.07) is 2.46. The summed E-state index contributed by atoms with van der Waals surface area (Å²) in [5.41, 5.74) is -1.22. The highest BCUT2D eigenvalue weighted by atomic mass is 19.4. The molecule has 1 unspecified atom stereocenters. The number of alkyl halides is 3. The molecule has 1 amide bonds. The molecule has 202 valence electrons. The summed E-state index contributed by atoms with van der Waals surface area (Å²) in [6.07, 6.45) is 0.717. The van der Waals surface area contributed by atoms with E-state index in [-0.39, 0.29) is 24.1 Å². The van der Waals surface area contributed by atoms with Crippen molar-refractivity contribution in [3.8, 4) is 0 Å². The average molecular weight is 515 g/mol. The van der Waals surface area contributed by atoms with Crippen molar-refractivity contribution in [1.29, 1.82) is 0 Å². The molecule has 3 heterocycles. The molecule has 3 fully saturated rings. The molecule has 8 nitrogen and oxygen atoms in total. The number of pyridine rings is 1. The van der Waals surface area contributed by atoms with Crippen LogP contribution < -0.4 is 10.2 Å². The minimum absolute atomic E-state index is 0.000891. The van der Waals surface area contributed by atoms with Gasteiger partial charge in [-0.2, -0.15) is 13.2 Å². The molecular weight excluding hydrogens is 477 g/mol. The minimum Gasteiger partial charge on any atom is -0.385 e. The molecule has 1 N–H and O–H groups in total. The lowest BCUT2D eigenvalue weighted by molar-refractivity contribution is -0.143. The summed E-state index contributed by atoms with van der Waals surface area (Å²) < 4.78 is 55.8. The van der Waals surface area contributed by atoms with Gasteiger partial charge in [-0.05, 0) is 44.2 Å². The standard InChI is InChI=1S/C25H37F3N4O4/c1-34-14-7-24(6-3-19(16-24)30-20-5-13-36-17-21(20)35-2)23(33)32-11-9-31(10-12-32)22-15-18(4-8-29-22)25(26,27)28/h4,8,15,19-21,30H,3,5-7,9-14,16-17H2,1-2H3/t19-,20-,21-,24?/m1/s1. The predicted molar refractivity (Wildman–Crippen MR) is 128 cm³/mol. The van der Waals surface area contributed by atoms with Gasteiger partial charge in [0.1, 0.15) is 5.82 Å². The predicted octanol–water partition coefficient (Wildman–Crippen LogP) is 2.72. The van der Waals surface area contributed by atoms with Gasteiger partial charge in [-0.25, -0.2) is 4.98 Å². The zero-order chi connectivity index (χ0) is 25.8. The molecule has 1 saturated carbocycles. The Hall–Kier alpha value is -1.95. The third-order valence-electron chi connectivity index (χ3n) is 7.87. The Morgan fingerprint density at radius 3 is 2.72 bits per heavy atom. The molecule has 2 saturated heterocycles. The molecule has 1 aromatic rings. The Bertz CT molecular complexity index is 881. The molecule has 0 aromatic carbocycles. The number of methoxy groups -OCH3 is 2. The fourth-order valence-electron chi connectivity index (χ4n) is 5.77. The Labute approximate surface area is 210 Å². The number of carbonyl (C=O) groups excluding carboxylic acids is 1. The maximum absolute atomic E-state index is 13.8. The smallest absolute Gasteiger partial charge is 0.385 e. The number of ether oxygens (including phenoxy) is 3. The lowest BCUT2D eigenvalue weighted by Gasteiger charge is -2.40. The van der Waals surface area contributed by atoms with Gasteiger partial charge in [0.2, 0.25) is 5.91 Å². The second-order valence-corrected chi connectivity index (χ2v) is 10.1. The van der Waals surface area contributed by atoms with Crippen molar-refractivity contribution in [2.24, 2.45) is 5.41 Å². The normalized spacial score (nSPS) is 29.5. The van der Waals surface area contributed by atoms with E-state index in [0.717, 1.165) is 37.8 Å². The summed E-state index contributed by atoms with van der Waals surface area (Å²) in [7, 11) is 3.35. The molecule has 2 aliphatic heterocycles. The number of rotatable bonds is 8. The fourth-order valence-corrected chi connectivity index (χ4v) is 5.77. The van der Waals surface area contributed by atoms with E-state index in [4.69, 9.17) is 14.2 Å². The number of amides is 1. The van der Waals surface area contributed by atoms with E-state index in [2.05, 4.69) is 10.3 Å². The molecule has 0 radical (unpaired) electrons. The molecule has 0 bridgehead atoms. The van der Waals surface area contributed by atoms with Crippen molar-refractivity contribution in [3.05, 3.63) is 23.9 Å². The van der Waals surface area contributed by atoms with Crippen molar-refractivity contribution < 1.29 is 32.2 Å². The number of nitrogens with zero attached hydrogens (tertiary/aromatic N) is 3. The SMILES string of the molecule is COCCC1(C(=O)N2CCN(c3cc(C(F)(F)F)ccn3)CC2)CC[C@@H](N[C@@H]2CCOC[C@H]2OC)C1. The number of hydrogen-bond donors (Lipinski definition) is 1. The van der Waals surface area contributed by atoms with Crippen LogP contribution in [0.4, 0.5) is 19.0 Å². The molecule has 4 rings (SSSR count). The Morgan fingerprint density at radius 1 is 1.25 bits per heavy atom. The third kappa shape index (κ3) is 6.12. The molecule has 1 aliphatic carbocycles. The average Bonchev–Trinajstić information content (AvgIpc) is 3.31. The van der Waals surface area contributed by atoms with Gasteiger partial charge in [0, 0.05) is 71.9 Å². The van der Waals surface area contributed by atoms with Crippen molar-refractivity contribution in [1.82, 2.24) is 15.2 Å². The molecular formula is C25H37F3N4O4. The zero-order valence-electron chi connectivity index (χ0n) is 21.1. The van der Waals surface area contributed by atoms with Crippen LogP contribution in [0.1, 0.15) is 37.7 Å². The zero-order valence-corrected chi connectivity index (χ0v) is 21.1. The van der Waals surface area contributed by atoms with Crippen molar-refractivity contribution in [2.45, 2.75) is 56.5 Å². The number of carbonyl (C=O) groups is 1. The first kappa shape index (κ1) is 27.1. The van der Waals surface area contributed by atoms with Crippen LogP contribution in [0.5, 0.6) is 0 Å². The van der Waals surface area contributed by atoms with Gasteiger partial charge in [0.15, 0.2) is 0 Å². The number of anilines is 1. The summed E-state index contributed by atoms with van der Waals surface area (Å²) in [5.74, 6) is 0.413. The summed E-state index contributed by atoms with van der Waals surface area (Å²) in [6.45, 7) is 3.57. The monoisotopic (exact) mass is 514 g/mol. The van der Waals surface area contributed by atoms with Crippen LogP contribution in [0.3, 0.4) is 0 Å². The molecule has 36 heavy (non-hydrogen) atoms. The van der Waals surface area contributed by atoms with Gasteiger partial charge in [0.05, 0.1) is 23.7 Å². The molecule has 3 aliphatic rings. The van der Waals surface area contributed by atoms with Gasteiger partial charge in [0.25, 0.3) is 0 Å². The van der Waals surface area contributed by atoms with E-state index in [1.165, 1.54) is 6.20 Å². The van der Waals surface area contributed by atoms with Crippen LogP contribution in [0, 0.1) is 5.41 Å². The number of nitrogens with one attached hydrogen (secondary N) is 1. The number of piperazine rings is 1. The molecule has 4 atom stereocenters. The topological polar surface area (TPSA) is 76.2 Å². The highest BCUT2D eigenvalue weighted by Crippen LogP contribution is 2.43. The van der Waals surface area contributed by atoms with Crippen LogP contribution in [0.25, 0.3) is 0 Å². The summed E-state index contributed by atoms with van der Waals surface area (Å²) in [4.78, 5) is 21.7. The second kappa shape index (κ2) is 11.6. The van der Waals surface area contributed by atoms with Gasteiger partial charge in [-0.15, -0.1) is 0 Å². The second-order valence-electron chi connectivity index (χ2n) is 10.1. The van der Waals surface area contributed by atoms with Crippen LogP contribution in [-0.2, 0) is 25.2 Å². The van der Waals surface area contributed by atoms with Gasteiger partial charge < -0.3 is 29.3 Å². The summed E-state index contributed by atoms with van der Waals surface area (Å²) in [5, 5.41) is 3.73. The van der Waals surface area contributed by atoms with E-state index in [9.17, 15) is 18.0 Å². The van der Waals surface area contributed by atoms with Crippen LogP contribution in [-0.4, -0.2) is 94.2 Å². The van der Waals surface area contributed by atoms with Crippen molar-refractivity contribution in [3.63, 3.8) is 0 Å². The largest absolute Gasteiger partial charge is 0.416 e. The first-order chi connectivity index (χ1) is 17.3. The maximum Gasteiger partial charge on any atom is 0.416 e. The molecule has 0 spiro atoms. The maximum atomic E-state index is 13.8. The highest BCUT2D eigenvalue weighted by molar-refractivity contribution is 5.83. The molecule has 1 aromatic heterocycles. The molecule has 11 heteroatoms. The van der Waals surface area contributed by atoms with Crippen LogP contribution >= 0.6 is 0 Å². The first-order valence-corrected chi connectivity index (χ1v) is 12.7. The van der Waals surface area contributed by atoms with E-state index >= 15 is 0 Å². The Balaban J connectivity index is 1.38. The van der Waals surface area contributed by atoms with Crippen LogP contribution in [0.15, 0.2) is 18.3 Å². The lowest BCUT2D eigenvalue weighted by atomic mass is 9.80. The van der Waals surface area contributed by atoms with E-state index < -0.39 is 17.2 Å². The van der Waals surface area contributed by atoms with Crippen molar-refractivity contribution >= 4 is 11.7 Å². The first-order valence-electron chi connectivity index (χ1n) is 12.7. The quantitative estimate of drug-likeness (QED) is 0.572. The highest BCUT2D eigenvalue weighted by Gasteiger charge is 2.48. The number of hydrogen-bond acceptors (Lipinski definition) is 7. The number of halogens is 3. The van der Waals surface area contributed by atoms with E-state index in [1.807, 2.05) is 9.80 Å². The third-order valence-corrected chi connectivity index (χ3v) is 7.87. The fraction of sp³-hybridized carbons (Fsp3) is 0.760. The lowest BCUT2D eigenvalue weighted by Crippen LogP contribution is -2.54. The van der Waals surface area contributed by atoms with Gasteiger partial charge in [-0.1, -0.05) is 0 Å². The number of aromatic nitrogens is 1. The van der Waals surface area contributed by atoms with Crippen LogP contribution in [0.2, 0.25) is 0 Å². The van der Waals surface area contributed by atoms with Crippen molar-refractivity contribution in [2.75, 3.05) is 65.1 Å².